The number of sulfone groups is 1. The van der Waals surface area contributed by atoms with Crippen LogP contribution in [-0.4, -0.2) is 64.4 Å². The summed E-state index contributed by atoms with van der Waals surface area (Å²) in [5.74, 6) is -1.06. The maximum Gasteiger partial charge on any atom is 0.235 e. The number of hydrogen-bond acceptors (Lipinski definition) is 7. The van der Waals surface area contributed by atoms with Crippen LogP contribution >= 0.6 is 0 Å². The molecule has 0 unspecified atom stereocenters. The van der Waals surface area contributed by atoms with E-state index in [1.807, 2.05) is 11.0 Å². The van der Waals surface area contributed by atoms with E-state index >= 15 is 0 Å². The maximum absolute atomic E-state index is 14.7. The number of nitrogens with zero attached hydrogens (tertiary/aromatic N) is 2. The zero-order valence-electron chi connectivity index (χ0n) is 18.4. The Bertz CT molecular complexity index is 1220. The number of halogens is 1. The highest BCUT2D eigenvalue weighted by Crippen LogP contribution is 2.25. The number of hydrogen-bond donors (Lipinski definition) is 1. The summed E-state index contributed by atoms with van der Waals surface area (Å²) in [4.78, 5) is 13.7. The van der Waals surface area contributed by atoms with E-state index in [4.69, 9.17) is 5.73 Å². The van der Waals surface area contributed by atoms with E-state index in [0.29, 0.717) is 25.3 Å². The number of carbonyl (C=O) groups excluding carboxylic acids is 1. The molecule has 0 spiro atoms. The number of Topliss-reactive ketones (excluding diaryl/α,β-unsaturated/α-hetero) is 1. The van der Waals surface area contributed by atoms with Gasteiger partial charge in [-0.1, -0.05) is 24.3 Å². The van der Waals surface area contributed by atoms with E-state index < -0.39 is 31.5 Å². The average molecular weight is 498 g/mol. The van der Waals surface area contributed by atoms with Gasteiger partial charge in [-0.3, -0.25) is 14.0 Å². The Kier molecular flexibility index (Phi) is 7.88. The second kappa shape index (κ2) is 10.3. The Hall–Kier alpha value is -2.34. The summed E-state index contributed by atoms with van der Waals surface area (Å²) in [6.07, 6.45) is 0. The smallest absolute Gasteiger partial charge is 0.235 e. The molecule has 0 saturated carbocycles. The van der Waals surface area contributed by atoms with Crippen molar-refractivity contribution in [3.8, 4) is 0 Å². The van der Waals surface area contributed by atoms with Gasteiger partial charge in [0.25, 0.3) is 0 Å². The Morgan fingerprint density at radius 2 is 1.85 bits per heavy atom. The molecule has 2 aromatic rings. The molecule has 8 nitrogen and oxygen atoms in total. The SMILES string of the molecule is CCS(=O)(=O)N(Cc1ccc(C(=O)CN)cc1F)c1cccc(CN2CCS(=O)(=O)CC2)c1. The number of carbonyl (C=O) groups is 1. The Balaban J connectivity index is 1.86. The first-order chi connectivity index (χ1) is 15.5. The maximum atomic E-state index is 14.7. The van der Waals surface area contributed by atoms with E-state index in [1.54, 1.807) is 18.2 Å². The van der Waals surface area contributed by atoms with Gasteiger partial charge in [0.05, 0.1) is 36.0 Å². The molecule has 0 aliphatic carbocycles. The molecule has 1 heterocycles. The molecule has 0 atom stereocenters. The zero-order chi connectivity index (χ0) is 24.2. The molecule has 0 bridgehead atoms. The van der Waals surface area contributed by atoms with E-state index in [9.17, 15) is 26.0 Å². The fourth-order valence-corrected chi connectivity index (χ4v) is 5.96. The van der Waals surface area contributed by atoms with E-state index in [2.05, 4.69) is 0 Å². The van der Waals surface area contributed by atoms with Crippen molar-refractivity contribution in [2.24, 2.45) is 5.73 Å². The first-order valence-electron chi connectivity index (χ1n) is 10.6. The van der Waals surface area contributed by atoms with Gasteiger partial charge in [-0.05, 0) is 30.7 Å². The lowest BCUT2D eigenvalue weighted by Gasteiger charge is -2.28. The van der Waals surface area contributed by atoms with Crippen molar-refractivity contribution in [3.05, 3.63) is 65.0 Å². The largest absolute Gasteiger partial charge is 0.324 e. The topological polar surface area (TPSA) is 118 Å². The van der Waals surface area contributed by atoms with E-state index in [1.165, 1.54) is 19.1 Å². The van der Waals surface area contributed by atoms with Crippen molar-refractivity contribution < 1.29 is 26.0 Å². The van der Waals surface area contributed by atoms with Crippen LogP contribution in [0.1, 0.15) is 28.4 Å². The third-order valence-corrected chi connectivity index (χ3v) is 8.97. The second-order valence-corrected chi connectivity index (χ2v) is 12.4. The molecule has 0 radical (unpaired) electrons. The highest BCUT2D eigenvalue weighted by atomic mass is 32.2. The lowest BCUT2D eigenvalue weighted by molar-refractivity contribution is 0.100. The van der Waals surface area contributed by atoms with Crippen molar-refractivity contribution in [1.29, 1.82) is 0 Å². The van der Waals surface area contributed by atoms with Gasteiger partial charge in [-0.25, -0.2) is 21.2 Å². The Morgan fingerprint density at radius 1 is 1.15 bits per heavy atom. The highest BCUT2D eigenvalue weighted by Gasteiger charge is 2.24. The molecule has 0 amide bonds. The van der Waals surface area contributed by atoms with Crippen LogP contribution in [0, 0.1) is 5.82 Å². The third-order valence-electron chi connectivity index (χ3n) is 5.62. The molecule has 33 heavy (non-hydrogen) atoms. The summed E-state index contributed by atoms with van der Waals surface area (Å²) in [6.45, 7) is 2.36. The Morgan fingerprint density at radius 3 is 2.45 bits per heavy atom. The van der Waals surface area contributed by atoms with Crippen molar-refractivity contribution in [3.63, 3.8) is 0 Å². The lowest BCUT2D eigenvalue weighted by Crippen LogP contribution is -2.39. The minimum atomic E-state index is -3.74. The van der Waals surface area contributed by atoms with Crippen molar-refractivity contribution in [2.75, 3.05) is 41.2 Å². The first kappa shape index (κ1) is 25.3. The number of ketones is 1. The van der Waals surface area contributed by atoms with Crippen LogP contribution in [-0.2, 0) is 33.0 Å². The van der Waals surface area contributed by atoms with Crippen molar-refractivity contribution in [1.82, 2.24) is 4.90 Å². The number of rotatable bonds is 9. The number of nitrogens with two attached hydrogens (primary N) is 1. The quantitative estimate of drug-likeness (QED) is 0.522. The van der Waals surface area contributed by atoms with E-state index in [0.717, 1.165) is 15.9 Å². The Labute approximate surface area is 194 Å². The average Bonchev–Trinajstić information content (AvgIpc) is 2.79. The minimum absolute atomic E-state index is 0.102. The number of anilines is 1. The van der Waals surface area contributed by atoms with Crippen molar-refractivity contribution >= 4 is 31.3 Å². The highest BCUT2D eigenvalue weighted by molar-refractivity contribution is 7.92. The summed E-state index contributed by atoms with van der Waals surface area (Å²) < 4.78 is 64.9. The van der Waals surface area contributed by atoms with Gasteiger partial charge in [0.15, 0.2) is 15.6 Å². The van der Waals surface area contributed by atoms with Gasteiger partial charge < -0.3 is 5.73 Å². The van der Waals surface area contributed by atoms with Gasteiger partial charge in [0.1, 0.15) is 5.82 Å². The third kappa shape index (κ3) is 6.38. The summed E-state index contributed by atoms with van der Waals surface area (Å²) in [5, 5.41) is 0. The van der Waals surface area contributed by atoms with Crippen LogP contribution in [0.4, 0.5) is 10.1 Å². The van der Waals surface area contributed by atoms with Crippen LogP contribution in [0.25, 0.3) is 0 Å². The van der Waals surface area contributed by atoms with Crippen LogP contribution in [0.2, 0.25) is 0 Å². The van der Waals surface area contributed by atoms with E-state index in [-0.39, 0.29) is 41.5 Å². The fraction of sp³-hybridized carbons (Fsp3) is 0.409. The fourth-order valence-electron chi connectivity index (χ4n) is 3.60. The summed E-state index contributed by atoms with van der Waals surface area (Å²) in [6, 6.07) is 10.8. The summed E-state index contributed by atoms with van der Waals surface area (Å²) >= 11 is 0. The van der Waals surface area contributed by atoms with Crippen LogP contribution in [0.15, 0.2) is 42.5 Å². The van der Waals surface area contributed by atoms with Gasteiger partial charge in [-0.2, -0.15) is 0 Å². The van der Waals surface area contributed by atoms with Crippen LogP contribution in [0.3, 0.4) is 0 Å². The predicted octanol–water partition coefficient (Wildman–Crippen LogP) is 1.55. The second-order valence-electron chi connectivity index (χ2n) is 7.94. The normalized spacial score (nSPS) is 16.5. The molecular weight excluding hydrogens is 469 g/mol. The summed E-state index contributed by atoms with van der Waals surface area (Å²) in [5.41, 5.74) is 6.81. The zero-order valence-corrected chi connectivity index (χ0v) is 20.0. The molecule has 1 aliphatic rings. The summed E-state index contributed by atoms with van der Waals surface area (Å²) in [7, 11) is -6.73. The molecule has 11 heteroatoms. The molecule has 2 aromatic carbocycles. The molecule has 0 aromatic heterocycles. The van der Waals surface area contributed by atoms with Gasteiger partial charge in [0, 0.05) is 30.8 Å². The molecule has 180 valence electrons. The number of benzene rings is 2. The van der Waals surface area contributed by atoms with Crippen LogP contribution < -0.4 is 10.0 Å². The van der Waals surface area contributed by atoms with Gasteiger partial charge >= 0.3 is 0 Å². The molecule has 2 N–H and O–H groups in total. The van der Waals surface area contributed by atoms with Gasteiger partial charge in [-0.15, -0.1) is 0 Å². The van der Waals surface area contributed by atoms with Crippen molar-refractivity contribution in [2.45, 2.75) is 20.0 Å². The molecule has 1 aliphatic heterocycles. The molecular formula is C22H28FN3O5S2. The molecule has 3 rings (SSSR count). The lowest BCUT2D eigenvalue weighted by atomic mass is 10.1. The van der Waals surface area contributed by atoms with Crippen LogP contribution in [0.5, 0.6) is 0 Å². The molecule has 1 fully saturated rings. The predicted molar refractivity (Wildman–Crippen MR) is 126 cm³/mol. The first-order valence-corrected chi connectivity index (χ1v) is 14.0. The van der Waals surface area contributed by atoms with Gasteiger partial charge in [0.2, 0.25) is 10.0 Å². The molecule has 1 saturated heterocycles. The number of sulfonamides is 1. The minimum Gasteiger partial charge on any atom is -0.324 e. The standard InChI is InChI=1S/C22H28FN3O5S2/c1-2-33(30,31)26(16-19-7-6-18(13-21(19)23)22(27)14-24)20-5-3-4-17(12-20)15-25-8-10-32(28,29)11-9-25/h3-7,12-13H,2,8-11,14-16,24H2,1H3. The monoisotopic (exact) mass is 497 g/mol.